The maximum absolute atomic E-state index is 11.8. The monoisotopic (exact) mass is 256 g/mol. The summed E-state index contributed by atoms with van der Waals surface area (Å²) in [5.74, 6) is 0.250. The van der Waals surface area contributed by atoms with Gasteiger partial charge < -0.3 is 0 Å². The van der Waals surface area contributed by atoms with Crippen molar-refractivity contribution in [2.45, 2.75) is 51.6 Å². The summed E-state index contributed by atoms with van der Waals surface area (Å²) in [7, 11) is -3.32. The summed E-state index contributed by atoms with van der Waals surface area (Å²) in [6.45, 7) is 7.66. The lowest BCUT2D eigenvalue weighted by Gasteiger charge is -2.09. The van der Waals surface area contributed by atoms with Gasteiger partial charge in [0.2, 0.25) is 15.0 Å². The number of nitrogens with zero attached hydrogens (tertiary/aromatic N) is 2. The lowest BCUT2D eigenvalue weighted by molar-refractivity contribution is 0.584. The van der Waals surface area contributed by atoms with Crippen molar-refractivity contribution < 1.29 is 8.42 Å². The standard InChI is InChI=1S/C12H20N2O2S/c1-5-7-10-8-11(9(3)4)14-12(13-10)17(15,16)6-2/h8-9H,5-7H2,1-4H3. The molecule has 0 aliphatic carbocycles. The summed E-state index contributed by atoms with van der Waals surface area (Å²) in [5.41, 5.74) is 1.62. The second-order valence-electron chi connectivity index (χ2n) is 4.37. The number of aryl methyl sites for hydroxylation is 1. The highest BCUT2D eigenvalue weighted by Gasteiger charge is 2.18. The molecule has 0 amide bonds. The average molecular weight is 256 g/mol. The molecular formula is C12H20N2O2S. The Morgan fingerprint density at radius 2 is 1.88 bits per heavy atom. The Labute approximate surface area is 103 Å². The van der Waals surface area contributed by atoms with E-state index >= 15 is 0 Å². The number of sulfone groups is 1. The van der Waals surface area contributed by atoms with Crippen LogP contribution >= 0.6 is 0 Å². The second kappa shape index (κ2) is 5.58. The van der Waals surface area contributed by atoms with Crippen LogP contribution in [-0.4, -0.2) is 24.1 Å². The molecule has 0 saturated heterocycles. The lowest BCUT2D eigenvalue weighted by Crippen LogP contribution is -2.12. The maximum atomic E-state index is 11.8. The van der Waals surface area contributed by atoms with Gasteiger partial charge >= 0.3 is 0 Å². The van der Waals surface area contributed by atoms with Crippen LogP contribution in [0, 0.1) is 0 Å². The highest BCUT2D eigenvalue weighted by atomic mass is 32.2. The van der Waals surface area contributed by atoms with Crippen LogP contribution in [0.5, 0.6) is 0 Å². The SMILES string of the molecule is CCCc1cc(C(C)C)nc(S(=O)(=O)CC)n1. The minimum atomic E-state index is -3.32. The number of rotatable bonds is 5. The highest BCUT2D eigenvalue weighted by molar-refractivity contribution is 7.91. The fourth-order valence-corrected chi connectivity index (χ4v) is 2.20. The van der Waals surface area contributed by atoms with Crippen LogP contribution in [0.1, 0.15) is 51.4 Å². The molecule has 1 aromatic rings. The lowest BCUT2D eigenvalue weighted by atomic mass is 10.1. The molecule has 96 valence electrons. The second-order valence-corrected chi connectivity index (χ2v) is 6.55. The van der Waals surface area contributed by atoms with Gasteiger partial charge in [-0.2, -0.15) is 0 Å². The Morgan fingerprint density at radius 1 is 1.24 bits per heavy atom. The fraction of sp³-hybridized carbons (Fsp3) is 0.667. The molecule has 0 unspecified atom stereocenters. The Bertz CT molecular complexity index is 481. The number of aromatic nitrogens is 2. The Kier molecular flexibility index (Phi) is 4.62. The van der Waals surface area contributed by atoms with Crippen LogP contribution in [0.3, 0.4) is 0 Å². The van der Waals surface area contributed by atoms with E-state index < -0.39 is 9.84 Å². The fourth-order valence-electron chi connectivity index (χ4n) is 1.44. The quantitative estimate of drug-likeness (QED) is 0.759. The van der Waals surface area contributed by atoms with Crippen molar-refractivity contribution in [1.29, 1.82) is 0 Å². The molecular weight excluding hydrogens is 236 g/mol. The van der Waals surface area contributed by atoms with Crippen molar-refractivity contribution in [1.82, 2.24) is 9.97 Å². The van der Waals surface area contributed by atoms with E-state index in [4.69, 9.17) is 0 Å². The first-order chi connectivity index (χ1) is 7.90. The molecule has 1 aromatic heterocycles. The van der Waals surface area contributed by atoms with E-state index in [0.29, 0.717) is 0 Å². The molecule has 0 spiro atoms. The summed E-state index contributed by atoms with van der Waals surface area (Å²) in [4.78, 5) is 8.31. The van der Waals surface area contributed by atoms with E-state index in [9.17, 15) is 8.42 Å². The molecule has 0 atom stereocenters. The topological polar surface area (TPSA) is 59.9 Å². The zero-order chi connectivity index (χ0) is 13.1. The Hall–Kier alpha value is -0.970. The van der Waals surface area contributed by atoms with Gasteiger partial charge in [-0.25, -0.2) is 18.4 Å². The van der Waals surface area contributed by atoms with Gasteiger partial charge in [0.1, 0.15) is 0 Å². The minimum absolute atomic E-state index is 0.0188. The minimum Gasteiger partial charge on any atom is -0.223 e. The largest absolute Gasteiger partial charge is 0.247 e. The van der Waals surface area contributed by atoms with E-state index in [2.05, 4.69) is 9.97 Å². The first-order valence-corrected chi connectivity index (χ1v) is 7.66. The van der Waals surface area contributed by atoms with Gasteiger partial charge in [-0.3, -0.25) is 0 Å². The van der Waals surface area contributed by atoms with Gasteiger partial charge in [0.15, 0.2) is 0 Å². The molecule has 17 heavy (non-hydrogen) atoms. The molecule has 0 saturated carbocycles. The summed E-state index contributed by atoms with van der Waals surface area (Å²) < 4.78 is 23.6. The maximum Gasteiger partial charge on any atom is 0.247 e. The van der Waals surface area contributed by atoms with Crippen LogP contribution in [-0.2, 0) is 16.3 Å². The van der Waals surface area contributed by atoms with Gasteiger partial charge in [0, 0.05) is 11.4 Å². The summed E-state index contributed by atoms with van der Waals surface area (Å²) in [5, 5.41) is -0.0188. The van der Waals surface area contributed by atoms with Crippen LogP contribution in [0.15, 0.2) is 11.2 Å². The van der Waals surface area contributed by atoms with E-state index in [1.165, 1.54) is 0 Å². The molecule has 0 fully saturated rings. The molecule has 0 N–H and O–H groups in total. The van der Waals surface area contributed by atoms with Gasteiger partial charge in [-0.1, -0.05) is 34.1 Å². The summed E-state index contributed by atoms with van der Waals surface area (Å²) in [6.07, 6.45) is 1.73. The van der Waals surface area contributed by atoms with Crippen molar-refractivity contribution in [3.05, 3.63) is 17.5 Å². The van der Waals surface area contributed by atoms with E-state index in [1.54, 1.807) is 6.92 Å². The molecule has 0 aliphatic heterocycles. The summed E-state index contributed by atoms with van der Waals surface area (Å²) >= 11 is 0. The number of hydrogen-bond acceptors (Lipinski definition) is 4. The van der Waals surface area contributed by atoms with Crippen molar-refractivity contribution in [3.63, 3.8) is 0 Å². The molecule has 4 nitrogen and oxygen atoms in total. The van der Waals surface area contributed by atoms with Crippen LogP contribution in [0.2, 0.25) is 0 Å². The van der Waals surface area contributed by atoms with Crippen molar-refractivity contribution in [2.75, 3.05) is 5.75 Å². The summed E-state index contributed by atoms with van der Waals surface area (Å²) in [6, 6.07) is 1.91. The van der Waals surface area contributed by atoms with E-state index in [1.807, 2.05) is 26.8 Å². The highest BCUT2D eigenvalue weighted by Crippen LogP contribution is 2.16. The molecule has 0 aliphatic rings. The zero-order valence-corrected chi connectivity index (χ0v) is 11.7. The zero-order valence-electron chi connectivity index (χ0n) is 10.9. The number of hydrogen-bond donors (Lipinski definition) is 0. The van der Waals surface area contributed by atoms with Crippen molar-refractivity contribution >= 4 is 9.84 Å². The van der Waals surface area contributed by atoms with Gasteiger partial charge in [0.05, 0.1) is 5.75 Å². The molecule has 0 bridgehead atoms. The van der Waals surface area contributed by atoms with E-state index in [0.717, 1.165) is 24.2 Å². The molecule has 5 heteroatoms. The van der Waals surface area contributed by atoms with Crippen LogP contribution in [0.25, 0.3) is 0 Å². The van der Waals surface area contributed by atoms with Crippen LogP contribution < -0.4 is 0 Å². The third-order valence-electron chi connectivity index (χ3n) is 2.53. The Balaban J connectivity index is 3.31. The first kappa shape index (κ1) is 14.1. The third-order valence-corrected chi connectivity index (χ3v) is 4.03. The average Bonchev–Trinajstić information content (AvgIpc) is 2.29. The van der Waals surface area contributed by atoms with Crippen molar-refractivity contribution in [3.8, 4) is 0 Å². The predicted molar refractivity (Wildman–Crippen MR) is 67.8 cm³/mol. The Morgan fingerprint density at radius 3 is 2.35 bits per heavy atom. The molecule has 1 rings (SSSR count). The smallest absolute Gasteiger partial charge is 0.223 e. The van der Waals surface area contributed by atoms with Gasteiger partial charge in [-0.05, 0) is 18.4 Å². The molecule has 0 radical (unpaired) electrons. The van der Waals surface area contributed by atoms with Crippen molar-refractivity contribution in [2.24, 2.45) is 0 Å². The predicted octanol–water partition coefficient (Wildman–Crippen LogP) is 2.35. The van der Waals surface area contributed by atoms with E-state index in [-0.39, 0.29) is 16.8 Å². The third kappa shape index (κ3) is 3.49. The first-order valence-electron chi connectivity index (χ1n) is 6.01. The van der Waals surface area contributed by atoms with Gasteiger partial charge in [0.25, 0.3) is 0 Å². The molecule has 0 aromatic carbocycles. The normalized spacial score (nSPS) is 12.1. The van der Waals surface area contributed by atoms with Gasteiger partial charge in [-0.15, -0.1) is 0 Å². The van der Waals surface area contributed by atoms with Crippen LogP contribution in [0.4, 0.5) is 0 Å². The molecule has 1 heterocycles.